The summed E-state index contributed by atoms with van der Waals surface area (Å²) in [6.45, 7) is 5.64. The summed E-state index contributed by atoms with van der Waals surface area (Å²) < 4.78 is 21.7. The van der Waals surface area contributed by atoms with Gasteiger partial charge in [-0.3, -0.25) is 4.57 Å². The van der Waals surface area contributed by atoms with Gasteiger partial charge in [-0.05, 0) is 20.8 Å². The fourth-order valence-electron chi connectivity index (χ4n) is 0.854. The van der Waals surface area contributed by atoms with Gasteiger partial charge in [0.05, 0.1) is 19.4 Å². The first-order valence-electron chi connectivity index (χ1n) is 4.41. The molecular weight excluding hydrogens is 191 g/mol. The van der Waals surface area contributed by atoms with Gasteiger partial charge < -0.3 is 13.8 Å². The van der Waals surface area contributed by atoms with Crippen LogP contribution < -0.4 is 0 Å². The second-order valence-electron chi connectivity index (χ2n) is 2.62. The van der Waals surface area contributed by atoms with Gasteiger partial charge in [-0.2, -0.15) is 0 Å². The van der Waals surface area contributed by atoms with Crippen LogP contribution in [0.3, 0.4) is 0 Å². The van der Waals surface area contributed by atoms with Crippen LogP contribution in [0.2, 0.25) is 0 Å². The van der Waals surface area contributed by atoms with Crippen molar-refractivity contribution in [1.29, 1.82) is 0 Å². The first-order valence-corrected chi connectivity index (χ1v) is 6.14. The standard InChI is InChI=1S/C8H17O4P/c1-4-11-13(10,12-5-2)7-6-8(3)9/h4-7H2,1-3H3. The number of carbonyl (C=O) groups is 1. The van der Waals surface area contributed by atoms with Crippen LogP contribution in [0, 0.1) is 0 Å². The van der Waals surface area contributed by atoms with Crippen molar-refractivity contribution >= 4 is 13.4 Å². The van der Waals surface area contributed by atoms with Crippen molar-refractivity contribution in [3.8, 4) is 0 Å². The molecule has 5 heteroatoms. The van der Waals surface area contributed by atoms with Gasteiger partial charge in [-0.1, -0.05) is 0 Å². The molecule has 0 aliphatic rings. The molecule has 0 heterocycles. The Morgan fingerprint density at radius 2 is 1.69 bits per heavy atom. The minimum Gasteiger partial charge on any atom is -0.309 e. The molecule has 0 fully saturated rings. The summed E-state index contributed by atoms with van der Waals surface area (Å²) >= 11 is 0. The summed E-state index contributed by atoms with van der Waals surface area (Å²) in [5, 5.41) is 0. The topological polar surface area (TPSA) is 52.6 Å². The lowest BCUT2D eigenvalue weighted by atomic mass is 10.4. The molecule has 0 spiro atoms. The van der Waals surface area contributed by atoms with Gasteiger partial charge in [0.1, 0.15) is 5.78 Å². The van der Waals surface area contributed by atoms with E-state index in [2.05, 4.69) is 0 Å². The molecule has 0 rings (SSSR count). The van der Waals surface area contributed by atoms with Crippen LogP contribution in [0.4, 0.5) is 0 Å². The predicted molar refractivity (Wildman–Crippen MR) is 51.0 cm³/mol. The van der Waals surface area contributed by atoms with E-state index >= 15 is 0 Å². The number of hydrogen-bond acceptors (Lipinski definition) is 4. The van der Waals surface area contributed by atoms with Gasteiger partial charge in [-0.25, -0.2) is 0 Å². The summed E-state index contributed by atoms with van der Waals surface area (Å²) in [7, 11) is -2.99. The van der Waals surface area contributed by atoms with Gasteiger partial charge in [0.2, 0.25) is 0 Å². The number of rotatable bonds is 7. The van der Waals surface area contributed by atoms with E-state index in [1.165, 1.54) is 6.92 Å². The smallest absolute Gasteiger partial charge is 0.309 e. The van der Waals surface area contributed by atoms with Crippen molar-refractivity contribution < 1.29 is 18.4 Å². The molecule has 0 saturated heterocycles. The molecule has 0 radical (unpaired) electrons. The maximum Gasteiger partial charge on any atom is 0.331 e. The highest BCUT2D eigenvalue weighted by molar-refractivity contribution is 7.53. The zero-order valence-electron chi connectivity index (χ0n) is 8.41. The first kappa shape index (κ1) is 12.8. The summed E-state index contributed by atoms with van der Waals surface area (Å²) in [5.74, 6) is -0.000342. The molecule has 78 valence electrons. The van der Waals surface area contributed by atoms with Gasteiger partial charge in [0.25, 0.3) is 0 Å². The van der Waals surface area contributed by atoms with Crippen molar-refractivity contribution in [2.24, 2.45) is 0 Å². The van der Waals surface area contributed by atoms with Crippen LogP contribution in [0.5, 0.6) is 0 Å². The van der Waals surface area contributed by atoms with Crippen molar-refractivity contribution in [2.45, 2.75) is 27.2 Å². The molecule has 0 N–H and O–H groups in total. The number of hydrogen-bond donors (Lipinski definition) is 0. The molecule has 13 heavy (non-hydrogen) atoms. The summed E-state index contributed by atoms with van der Waals surface area (Å²) in [6, 6.07) is 0. The Labute approximate surface area is 79.1 Å². The molecule has 0 aliphatic carbocycles. The molecule has 0 aromatic carbocycles. The van der Waals surface area contributed by atoms with E-state index in [4.69, 9.17) is 9.05 Å². The van der Waals surface area contributed by atoms with E-state index in [9.17, 15) is 9.36 Å². The van der Waals surface area contributed by atoms with Crippen molar-refractivity contribution in [1.82, 2.24) is 0 Å². The van der Waals surface area contributed by atoms with Crippen LogP contribution in [-0.4, -0.2) is 25.2 Å². The lowest BCUT2D eigenvalue weighted by Gasteiger charge is -2.15. The molecule has 0 saturated carbocycles. The molecule has 0 atom stereocenters. The van der Waals surface area contributed by atoms with Gasteiger partial charge >= 0.3 is 7.60 Å². The highest BCUT2D eigenvalue weighted by Gasteiger charge is 2.23. The van der Waals surface area contributed by atoms with Gasteiger partial charge in [0, 0.05) is 6.42 Å². The molecule has 0 unspecified atom stereocenters. The van der Waals surface area contributed by atoms with Crippen LogP contribution in [-0.2, 0) is 18.4 Å². The minimum atomic E-state index is -2.99. The number of ketones is 1. The van der Waals surface area contributed by atoms with Crippen molar-refractivity contribution in [2.75, 3.05) is 19.4 Å². The number of carbonyl (C=O) groups excluding carboxylic acids is 1. The van der Waals surface area contributed by atoms with Crippen LogP contribution in [0.15, 0.2) is 0 Å². The molecule has 0 bridgehead atoms. The zero-order chi connectivity index (χ0) is 10.3. The largest absolute Gasteiger partial charge is 0.331 e. The van der Waals surface area contributed by atoms with E-state index in [1.54, 1.807) is 13.8 Å². The van der Waals surface area contributed by atoms with Crippen molar-refractivity contribution in [3.05, 3.63) is 0 Å². The Morgan fingerprint density at radius 1 is 1.23 bits per heavy atom. The molecule has 0 amide bonds. The second kappa shape index (κ2) is 6.30. The van der Waals surface area contributed by atoms with E-state index in [0.29, 0.717) is 13.2 Å². The predicted octanol–water partition coefficient (Wildman–Crippen LogP) is 2.23. The van der Waals surface area contributed by atoms with Gasteiger partial charge in [-0.15, -0.1) is 0 Å². The molecule has 0 aromatic rings. The third-order valence-corrected chi connectivity index (χ3v) is 3.46. The summed E-state index contributed by atoms with van der Waals surface area (Å²) in [6.07, 6.45) is 0.432. The average Bonchev–Trinajstić information content (AvgIpc) is 2.02. The fraction of sp³-hybridized carbons (Fsp3) is 0.875. The molecule has 0 aromatic heterocycles. The lowest BCUT2D eigenvalue weighted by molar-refractivity contribution is -0.116. The van der Waals surface area contributed by atoms with E-state index in [1.807, 2.05) is 0 Å². The van der Waals surface area contributed by atoms with E-state index < -0.39 is 7.60 Å². The third-order valence-electron chi connectivity index (χ3n) is 1.39. The Morgan fingerprint density at radius 3 is 2.00 bits per heavy atom. The Balaban J connectivity index is 4.07. The first-order chi connectivity index (χ1) is 6.04. The molecule has 4 nitrogen and oxygen atoms in total. The van der Waals surface area contributed by atoms with Gasteiger partial charge in [0.15, 0.2) is 0 Å². The Kier molecular flexibility index (Phi) is 6.21. The van der Waals surface area contributed by atoms with Crippen molar-refractivity contribution in [3.63, 3.8) is 0 Å². The van der Waals surface area contributed by atoms with E-state index in [-0.39, 0.29) is 18.4 Å². The average molecular weight is 208 g/mol. The van der Waals surface area contributed by atoms with E-state index in [0.717, 1.165) is 0 Å². The normalized spacial score (nSPS) is 11.6. The monoisotopic (exact) mass is 208 g/mol. The summed E-state index contributed by atoms with van der Waals surface area (Å²) in [5.41, 5.74) is 0. The third kappa shape index (κ3) is 5.97. The van der Waals surface area contributed by atoms with Crippen LogP contribution >= 0.6 is 7.60 Å². The maximum absolute atomic E-state index is 11.7. The quantitative estimate of drug-likeness (QED) is 0.602. The fourth-order valence-corrected chi connectivity index (χ4v) is 2.56. The maximum atomic E-state index is 11.7. The molecule has 0 aliphatic heterocycles. The Hall–Kier alpha value is -0.180. The second-order valence-corrected chi connectivity index (χ2v) is 4.81. The lowest BCUT2D eigenvalue weighted by Crippen LogP contribution is -2.03. The zero-order valence-corrected chi connectivity index (χ0v) is 9.30. The minimum absolute atomic E-state index is 0.000342. The van der Waals surface area contributed by atoms with Crippen LogP contribution in [0.25, 0.3) is 0 Å². The number of Topliss-reactive ketones (excluding diaryl/α,β-unsaturated/α-hetero) is 1. The highest BCUT2D eigenvalue weighted by atomic mass is 31.2. The van der Waals surface area contributed by atoms with Crippen LogP contribution in [0.1, 0.15) is 27.2 Å². The SMILES string of the molecule is CCOP(=O)(CCC(C)=O)OCC. The summed E-state index contributed by atoms with van der Waals surface area (Å²) in [4.78, 5) is 10.7. The Bertz CT molecular complexity index is 192. The molecular formula is C8H17O4P. The highest BCUT2D eigenvalue weighted by Crippen LogP contribution is 2.48.